The maximum atomic E-state index is 14.9. The topological polar surface area (TPSA) is 129 Å². The van der Waals surface area contributed by atoms with Crippen LogP contribution >= 0.6 is 0 Å². The van der Waals surface area contributed by atoms with Crippen LogP contribution in [-0.2, 0) is 6.18 Å². The number of nitrogens with one attached hydrogen (secondary N) is 2. The molecule has 0 saturated carbocycles. The van der Waals surface area contributed by atoms with Crippen molar-refractivity contribution in [2.24, 2.45) is 9.98 Å². The van der Waals surface area contributed by atoms with Gasteiger partial charge in [0.05, 0.1) is 16.7 Å². The third kappa shape index (κ3) is 15.1. The predicted molar refractivity (Wildman–Crippen MR) is 529 cm³/mol. The lowest BCUT2D eigenvalue weighted by Crippen LogP contribution is -2.74. The van der Waals surface area contributed by atoms with E-state index in [-0.39, 0.29) is 16.7 Å². The SMILES string of the molecule is Cc1ccc(-c2ccc3c4c(cccc24)C(=Nc2ncc(-c4ccc(N(c5ccc(/C(C#N)=C(\C#N)c6ccc(N(c7ccc(-c8ccccc8)cc7)c7ccc(-c8ccc(N=C9Nc%10cccc%11cccc9c%10%11)nc8)cc7)cc6)cc5)c5ccc(-c6ccccc6)cc5)cc4)cc2-c2ccc([Si](c4ccccc4)(c4ccccc4)c4ccccc4)cc2)N3)c(C(F)(F)F)c1. The molecule has 0 spiro atoms. The van der Waals surface area contributed by atoms with Crippen molar-refractivity contribution in [3.05, 3.63) is 470 Å². The lowest BCUT2D eigenvalue weighted by atomic mass is 9.92. The van der Waals surface area contributed by atoms with Crippen molar-refractivity contribution in [3.8, 4) is 78.9 Å². The van der Waals surface area contributed by atoms with E-state index in [1.54, 1.807) is 25.1 Å². The van der Waals surface area contributed by atoms with E-state index in [9.17, 15) is 23.7 Å². The highest BCUT2D eigenvalue weighted by atomic mass is 28.3. The molecule has 0 amide bonds. The van der Waals surface area contributed by atoms with Gasteiger partial charge >= 0.3 is 6.18 Å². The summed E-state index contributed by atoms with van der Waals surface area (Å²) in [5.74, 6) is 2.32. The number of hydrogen-bond donors (Lipinski definition) is 2. The van der Waals surface area contributed by atoms with Crippen LogP contribution < -0.4 is 41.2 Å². The van der Waals surface area contributed by atoms with Gasteiger partial charge in [-0.1, -0.05) is 321 Å². The maximum absolute atomic E-state index is 14.9. The molecule has 0 bridgehead atoms. The average molecular weight is 1700 g/mol. The minimum absolute atomic E-state index is 0.106. The van der Waals surface area contributed by atoms with Crippen molar-refractivity contribution in [3.63, 3.8) is 0 Å². The van der Waals surface area contributed by atoms with E-state index in [1.807, 2.05) is 140 Å². The number of pyridine rings is 2. The molecule has 0 saturated heterocycles. The van der Waals surface area contributed by atoms with Crippen molar-refractivity contribution in [2.45, 2.75) is 13.1 Å². The molecule has 0 fully saturated rings. The highest BCUT2D eigenvalue weighted by molar-refractivity contribution is 7.19. The van der Waals surface area contributed by atoms with Gasteiger partial charge in [-0.25, -0.2) is 20.0 Å². The summed E-state index contributed by atoms with van der Waals surface area (Å²) in [5.41, 5.74) is 20.4. The van der Waals surface area contributed by atoms with E-state index >= 15 is 0 Å². The Labute approximate surface area is 751 Å². The third-order valence-corrected chi connectivity index (χ3v) is 29.5. The fraction of sp³-hybridized carbons (Fsp3) is 0.0172. The van der Waals surface area contributed by atoms with Gasteiger partial charge in [0.1, 0.15) is 23.8 Å². The summed E-state index contributed by atoms with van der Waals surface area (Å²) in [7, 11) is -2.95. The summed E-state index contributed by atoms with van der Waals surface area (Å²) in [6.07, 6.45) is -0.877. The lowest BCUT2D eigenvalue weighted by Gasteiger charge is -2.34. The van der Waals surface area contributed by atoms with Gasteiger partial charge in [0, 0.05) is 96.5 Å². The number of nitriles is 2. The number of alkyl halides is 3. The Hall–Kier alpha value is -17.2. The van der Waals surface area contributed by atoms with Crippen LogP contribution in [0.4, 0.5) is 70.3 Å². The summed E-state index contributed by atoms with van der Waals surface area (Å²) >= 11 is 0. The summed E-state index contributed by atoms with van der Waals surface area (Å²) in [5, 5.41) is 38.1. The number of allylic oxidation sites excluding steroid dienone is 2. The zero-order valence-electron chi connectivity index (χ0n) is 70.3. The summed E-state index contributed by atoms with van der Waals surface area (Å²) < 4.78 is 44.6. The zero-order chi connectivity index (χ0) is 87.8. The number of benzene rings is 17. The van der Waals surface area contributed by atoms with Gasteiger partial charge in [0.25, 0.3) is 0 Å². The summed E-state index contributed by atoms with van der Waals surface area (Å²) in [4.78, 5) is 24.8. The maximum Gasteiger partial charge on any atom is 0.417 e. The molecule has 2 aliphatic heterocycles. The number of amidine groups is 2. The van der Waals surface area contributed by atoms with E-state index in [2.05, 4.69) is 306 Å². The second-order valence-corrected chi connectivity index (χ2v) is 36.2. The Morgan fingerprint density at radius 3 is 1.19 bits per heavy atom. The van der Waals surface area contributed by atoms with E-state index in [0.29, 0.717) is 45.1 Å². The molecule has 2 N–H and O–H groups in total. The summed E-state index contributed by atoms with van der Waals surface area (Å²) in [6.45, 7) is 1.67. The molecule has 10 nitrogen and oxygen atoms in total. The first kappa shape index (κ1) is 80.0. The Balaban J connectivity index is 0.613. The fourth-order valence-corrected chi connectivity index (χ4v) is 23.2. The number of aromatic nitrogens is 2. The molecule has 0 radical (unpaired) electrons. The molecule has 2 aromatic heterocycles. The van der Waals surface area contributed by atoms with Gasteiger partial charge in [-0.3, -0.25) is 0 Å². The molecular formula is C116H77F3N10Si. The highest BCUT2D eigenvalue weighted by Gasteiger charge is 2.42. The van der Waals surface area contributed by atoms with E-state index < -0.39 is 19.8 Å². The summed E-state index contributed by atoms with van der Waals surface area (Å²) in [6, 6.07) is 148. The molecule has 616 valence electrons. The molecule has 0 aliphatic carbocycles. The number of aryl methyl sites for hydroxylation is 1. The van der Waals surface area contributed by atoms with Crippen LogP contribution in [0.1, 0.15) is 33.4 Å². The lowest BCUT2D eigenvalue weighted by molar-refractivity contribution is -0.137. The van der Waals surface area contributed by atoms with Gasteiger partial charge in [-0.05, 0) is 209 Å². The van der Waals surface area contributed by atoms with Gasteiger partial charge in [-0.15, -0.1) is 0 Å². The molecule has 130 heavy (non-hydrogen) atoms. The van der Waals surface area contributed by atoms with Crippen LogP contribution in [0.5, 0.6) is 0 Å². The number of rotatable bonds is 20. The van der Waals surface area contributed by atoms with Crippen LogP contribution in [-0.4, -0.2) is 29.7 Å². The van der Waals surface area contributed by atoms with Crippen molar-refractivity contribution in [1.29, 1.82) is 10.5 Å². The minimum Gasteiger partial charge on any atom is -0.339 e. The van der Waals surface area contributed by atoms with Gasteiger partial charge < -0.3 is 20.4 Å². The monoisotopic (exact) mass is 1690 g/mol. The van der Waals surface area contributed by atoms with Gasteiger partial charge in [-0.2, -0.15) is 23.7 Å². The second-order valence-electron chi connectivity index (χ2n) is 32.4. The first-order valence-electron chi connectivity index (χ1n) is 43.0. The van der Waals surface area contributed by atoms with Crippen LogP contribution in [0, 0.1) is 29.6 Å². The number of halogens is 3. The normalized spacial score (nSPS) is 12.9. The molecule has 0 unspecified atom stereocenters. The van der Waals surface area contributed by atoms with Crippen molar-refractivity contribution in [1.82, 2.24) is 9.97 Å². The first-order chi connectivity index (χ1) is 63.9. The molecule has 21 rings (SSSR count). The number of nitrogens with zero attached hydrogens (tertiary/aromatic N) is 8. The first-order valence-corrected chi connectivity index (χ1v) is 45.0. The van der Waals surface area contributed by atoms with Gasteiger partial charge in [0.2, 0.25) is 0 Å². The molecule has 19 aromatic rings. The van der Waals surface area contributed by atoms with Crippen molar-refractivity contribution in [2.75, 3.05) is 20.4 Å². The minimum atomic E-state index is -4.58. The fourth-order valence-electron chi connectivity index (χ4n) is 18.5. The second kappa shape index (κ2) is 34.1. The molecule has 0 atom stereocenters. The Bertz CT molecular complexity index is 7600. The van der Waals surface area contributed by atoms with Crippen LogP contribution in [0.25, 0.3) is 99.5 Å². The standard InChI is InChI=1S/C116H77F3N10Si/c1-76-36-66-100(107(70-76)116(117,118)119)99-67-68-109-112-101(99)32-19-34-103(112)115(125-109)127-113-104(83-49-64-98(65-50-83)130(95-26-11-4-12-27-95,96-28-13-5-14-29-96)97-30-15-6-16-31-97)71-88(75-123-113)82-43-58-92(59-44-82)129(90-54-39-80(40-55-90)78-22-9-3-10-23-78)94-62-47-85(48-63-94)106(73-121)105(72-120)84-45-60-93(61-46-84)128(89-52-37-79(38-53-89)77-20-7-2-8-21-77)91-56-41-81(42-57-91)87-51-69-110(122-74-87)126-114-102-33-17-24-86-25-18-35-108(124-114)111(86)102/h2-71,74-75H,1H3,(H,122,124,126)(H,123,125,127)/b106-105+. The van der Waals surface area contributed by atoms with Crippen molar-refractivity contribution < 1.29 is 13.2 Å². The van der Waals surface area contributed by atoms with Crippen molar-refractivity contribution >= 4 is 130 Å². The molecule has 14 heteroatoms. The van der Waals surface area contributed by atoms with Crippen LogP contribution in [0.3, 0.4) is 0 Å². The Kier molecular flexibility index (Phi) is 20.9. The predicted octanol–water partition coefficient (Wildman–Crippen LogP) is 27.4. The van der Waals surface area contributed by atoms with Gasteiger partial charge in [0.15, 0.2) is 19.7 Å². The van der Waals surface area contributed by atoms with E-state index in [4.69, 9.17) is 20.0 Å². The number of hydrogen-bond acceptors (Lipinski definition) is 8. The molecular weight excluding hydrogens is 1620 g/mol. The Morgan fingerprint density at radius 1 is 0.323 bits per heavy atom. The third-order valence-electron chi connectivity index (χ3n) is 24.7. The number of anilines is 8. The molecule has 2 aliphatic rings. The van der Waals surface area contributed by atoms with Crippen LogP contribution in [0.15, 0.2) is 447 Å². The number of aliphatic imine (C=N–C) groups is 2. The zero-order valence-corrected chi connectivity index (χ0v) is 71.3. The largest absolute Gasteiger partial charge is 0.417 e. The van der Waals surface area contributed by atoms with Crippen LogP contribution in [0.2, 0.25) is 0 Å². The smallest absolute Gasteiger partial charge is 0.339 e. The van der Waals surface area contributed by atoms with E-state index in [0.717, 1.165) is 134 Å². The molecule has 4 heterocycles. The quantitative estimate of drug-likeness (QED) is 0.0334. The Morgan fingerprint density at radius 2 is 0.715 bits per heavy atom. The molecule has 17 aromatic carbocycles. The highest BCUT2D eigenvalue weighted by Crippen LogP contribution is 2.47. The average Bonchev–Trinajstić information content (AvgIpc) is 0.852. The van der Waals surface area contributed by atoms with E-state index in [1.165, 1.54) is 26.8 Å².